The smallest absolute Gasteiger partial charge is 0.354 e. The van der Waals surface area contributed by atoms with E-state index in [2.05, 4.69) is 9.35 Å². The van der Waals surface area contributed by atoms with Crippen molar-refractivity contribution in [3.8, 4) is 6.19 Å². The number of hydrogen-bond acceptors (Lipinski definition) is 5. The van der Waals surface area contributed by atoms with Crippen molar-refractivity contribution < 1.29 is 14.1 Å². The van der Waals surface area contributed by atoms with E-state index in [9.17, 15) is 9.00 Å². The second kappa shape index (κ2) is 4.93. The fraction of sp³-hybridized carbons (Fsp3) is 0.300. The second-order valence-corrected chi connectivity index (χ2v) is 6.09. The fourth-order valence-corrected chi connectivity index (χ4v) is 2.15. The monoisotopic (exact) mass is 253 g/mol. The van der Waals surface area contributed by atoms with Crippen LogP contribution in [0.4, 0.5) is 0 Å². The molecule has 2 unspecified atom stereocenters. The Morgan fingerprint density at radius 2 is 2.29 bits per heavy atom. The number of carbonyl (C=O) groups is 1. The number of nitriles is 1. The summed E-state index contributed by atoms with van der Waals surface area (Å²) in [4.78, 5) is 14.3. The van der Waals surface area contributed by atoms with Gasteiger partial charge in [0, 0.05) is 12.5 Å². The van der Waals surface area contributed by atoms with Crippen molar-refractivity contribution in [3.63, 3.8) is 0 Å². The van der Waals surface area contributed by atoms with Crippen LogP contribution in [0.3, 0.4) is 0 Å². The van der Waals surface area contributed by atoms with E-state index >= 15 is 0 Å². The van der Waals surface area contributed by atoms with E-state index in [1.54, 1.807) is 6.92 Å². The van der Waals surface area contributed by atoms with Crippen molar-refractivity contribution in [3.05, 3.63) is 29.6 Å². The largest absolute Gasteiger partial charge is 0.477 e. The van der Waals surface area contributed by atoms with Gasteiger partial charge in [-0.05, 0) is 18.6 Å². The van der Waals surface area contributed by atoms with E-state index in [0.29, 0.717) is 5.56 Å². The van der Waals surface area contributed by atoms with Gasteiger partial charge in [-0.1, -0.05) is 6.07 Å². The van der Waals surface area contributed by atoms with Crippen molar-refractivity contribution >= 4 is 15.7 Å². The maximum atomic E-state index is 12.0. The molecule has 0 aliphatic rings. The Bertz CT molecular complexity index is 580. The highest BCUT2D eigenvalue weighted by Crippen LogP contribution is 2.22. The molecule has 17 heavy (non-hydrogen) atoms. The van der Waals surface area contributed by atoms with Gasteiger partial charge >= 0.3 is 5.97 Å². The molecule has 0 amide bonds. The van der Waals surface area contributed by atoms with Crippen LogP contribution < -0.4 is 0 Å². The average Bonchev–Trinajstić information content (AvgIpc) is 2.28. The SMILES string of the molecule is CC(c1ccc(C(=O)O)nc1)S(C)(=O)=NC#N. The van der Waals surface area contributed by atoms with Gasteiger partial charge in [-0.25, -0.2) is 14.0 Å². The summed E-state index contributed by atoms with van der Waals surface area (Å²) >= 11 is 0. The van der Waals surface area contributed by atoms with Crippen LogP contribution in [0, 0.1) is 11.5 Å². The highest BCUT2D eigenvalue weighted by atomic mass is 32.2. The van der Waals surface area contributed by atoms with Gasteiger partial charge in [0.25, 0.3) is 0 Å². The molecule has 0 radical (unpaired) electrons. The van der Waals surface area contributed by atoms with E-state index in [-0.39, 0.29) is 5.69 Å². The van der Waals surface area contributed by atoms with Crippen LogP contribution in [-0.4, -0.2) is 26.5 Å². The minimum Gasteiger partial charge on any atom is -0.477 e. The van der Waals surface area contributed by atoms with E-state index in [0.717, 1.165) is 0 Å². The summed E-state index contributed by atoms with van der Waals surface area (Å²) in [5, 5.41) is 16.6. The van der Waals surface area contributed by atoms with Crippen molar-refractivity contribution in [2.24, 2.45) is 4.36 Å². The van der Waals surface area contributed by atoms with Crippen molar-refractivity contribution in [2.75, 3.05) is 6.26 Å². The first-order valence-corrected chi connectivity index (χ1v) is 6.65. The molecule has 1 N–H and O–H groups in total. The van der Waals surface area contributed by atoms with E-state index < -0.39 is 20.9 Å². The average molecular weight is 253 g/mol. The Labute approximate surface area is 99.1 Å². The van der Waals surface area contributed by atoms with E-state index in [4.69, 9.17) is 10.4 Å². The first-order valence-electron chi connectivity index (χ1n) is 4.67. The minimum atomic E-state index is -2.67. The molecule has 7 heteroatoms. The second-order valence-electron chi connectivity index (χ2n) is 3.48. The molecule has 0 fully saturated rings. The Morgan fingerprint density at radius 1 is 1.65 bits per heavy atom. The zero-order valence-electron chi connectivity index (χ0n) is 9.32. The van der Waals surface area contributed by atoms with Gasteiger partial charge in [0.15, 0.2) is 0 Å². The highest BCUT2D eigenvalue weighted by molar-refractivity contribution is 7.93. The minimum absolute atomic E-state index is 0.0826. The fourth-order valence-electron chi connectivity index (χ4n) is 1.18. The van der Waals surface area contributed by atoms with Crippen LogP contribution in [0.2, 0.25) is 0 Å². The van der Waals surface area contributed by atoms with Crippen LogP contribution in [0.1, 0.15) is 28.2 Å². The molecule has 1 rings (SSSR count). The summed E-state index contributed by atoms with van der Waals surface area (Å²) in [6.45, 7) is 1.65. The molecule has 0 bridgehead atoms. The number of aromatic nitrogens is 1. The van der Waals surface area contributed by atoms with Crippen molar-refractivity contribution in [1.82, 2.24) is 4.98 Å². The summed E-state index contributed by atoms with van der Waals surface area (Å²) in [7, 11) is -2.67. The zero-order chi connectivity index (χ0) is 13.1. The lowest BCUT2D eigenvalue weighted by Crippen LogP contribution is -2.09. The molecule has 0 saturated carbocycles. The molecule has 2 atom stereocenters. The van der Waals surface area contributed by atoms with Crippen molar-refractivity contribution in [1.29, 1.82) is 5.26 Å². The number of aromatic carboxylic acids is 1. The topological polar surface area (TPSA) is 103 Å². The highest BCUT2D eigenvalue weighted by Gasteiger charge is 2.17. The number of pyridine rings is 1. The maximum absolute atomic E-state index is 12.0. The molecule has 0 saturated heterocycles. The summed E-state index contributed by atoms with van der Waals surface area (Å²) in [5.74, 6) is -1.12. The van der Waals surface area contributed by atoms with Gasteiger partial charge < -0.3 is 5.11 Å². The van der Waals surface area contributed by atoms with Gasteiger partial charge in [0.2, 0.25) is 6.19 Å². The third-order valence-corrected chi connectivity index (χ3v) is 4.38. The molecular formula is C10H11N3O3S. The summed E-state index contributed by atoms with van der Waals surface area (Å²) in [5.41, 5.74) is 0.502. The Hall–Kier alpha value is -1.94. The lowest BCUT2D eigenvalue weighted by Gasteiger charge is -2.12. The predicted molar refractivity (Wildman–Crippen MR) is 61.7 cm³/mol. The Kier molecular flexibility index (Phi) is 3.81. The molecule has 0 aliphatic heterocycles. The number of hydrogen-bond donors (Lipinski definition) is 1. The number of nitrogens with zero attached hydrogens (tertiary/aromatic N) is 3. The normalized spacial score (nSPS) is 15.4. The molecule has 1 aromatic heterocycles. The van der Waals surface area contributed by atoms with Crippen LogP contribution >= 0.6 is 0 Å². The van der Waals surface area contributed by atoms with Gasteiger partial charge in [-0.2, -0.15) is 5.26 Å². The van der Waals surface area contributed by atoms with Gasteiger partial charge in [-0.3, -0.25) is 0 Å². The summed E-state index contributed by atoms with van der Waals surface area (Å²) in [6, 6.07) is 2.85. The predicted octanol–water partition coefficient (Wildman–Crippen LogP) is 1.42. The zero-order valence-corrected chi connectivity index (χ0v) is 10.1. The molecule has 6 nitrogen and oxygen atoms in total. The lowest BCUT2D eigenvalue weighted by atomic mass is 10.2. The molecule has 0 aromatic carbocycles. The Morgan fingerprint density at radius 3 is 2.71 bits per heavy atom. The third kappa shape index (κ3) is 3.01. The maximum Gasteiger partial charge on any atom is 0.354 e. The first kappa shape index (κ1) is 13.1. The lowest BCUT2D eigenvalue weighted by molar-refractivity contribution is 0.0690. The number of carboxylic acids is 1. The van der Waals surface area contributed by atoms with Crippen LogP contribution in [0.5, 0.6) is 0 Å². The standard InChI is InChI=1S/C10H11N3O3S/c1-7(17(2,16)13-6-11)8-3-4-9(10(14)15)12-5-8/h3-5,7H,1-2H3,(H,14,15). The van der Waals surface area contributed by atoms with Gasteiger partial charge in [0.1, 0.15) is 5.69 Å². The van der Waals surface area contributed by atoms with Crippen LogP contribution in [0.15, 0.2) is 22.7 Å². The quantitative estimate of drug-likeness (QED) is 0.820. The Balaban J connectivity index is 3.12. The number of carboxylic acid groups (broad SMARTS) is 1. The summed E-state index contributed by atoms with van der Waals surface area (Å²) in [6.07, 6.45) is 4.24. The number of rotatable bonds is 3. The first-order chi connectivity index (χ1) is 7.88. The molecular weight excluding hydrogens is 242 g/mol. The van der Waals surface area contributed by atoms with Crippen LogP contribution in [0.25, 0.3) is 0 Å². The van der Waals surface area contributed by atoms with Crippen LogP contribution in [-0.2, 0) is 9.73 Å². The van der Waals surface area contributed by atoms with E-state index in [1.165, 1.54) is 30.8 Å². The van der Waals surface area contributed by atoms with E-state index in [1.807, 2.05) is 0 Å². The van der Waals surface area contributed by atoms with Gasteiger partial charge in [0.05, 0.1) is 15.0 Å². The molecule has 1 heterocycles. The molecule has 90 valence electrons. The molecule has 0 aliphatic carbocycles. The van der Waals surface area contributed by atoms with Crippen molar-refractivity contribution in [2.45, 2.75) is 12.2 Å². The molecule has 1 aromatic rings. The molecule has 0 spiro atoms. The third-order valence-electron chi connectivity index (χ3n) is 2.35. The summed E-state index contributed by atoms with van der Waals surface area (Å²) < 4.78 is 15.4. The van der Waals surface area contributed by atoms with Gasteiger partial charge in [-0.15, -0.1) is 4.36 Å².